The summed E-state index contributed by atoms with van der Waals surface area (Å²) in [6, 6.07) is 0.861. The molecule has 0 aromatic heterocycles. The smallest absolute Gasteiger partial charge is 0.191 e. The SMILES string of the molecule is FC(F)(F)C(F)(F)c1c[c]cc(C(F)(F)C(F)(F)F)c1. The molecule has 0 bridgehead atoms. The molecule has 0 aliphatic carbocycles. The van der Waals surface area contributed by atoms with Crippen molar-refractivity contribution in [1.82, 2.24) is 0 Å². The lowest BCUT2D eigenvalue weighted by Gasteiger charge is -2.23. The third-order valence-electron chi connectivity index (χ3n) is 2.23. The number of alkyl halides is 10. The average molecular weight is 313 g/mol. The van der Waals surface area contributed by atoms with E-state index in [4.69, 9.17) is 0 Å². The highest BCUT2D eigenvalue weighted by molar-refractivity contribution is 5.30. The van der Waals surface area contributed by atoms with E-state index in [1.54, 1.807) is 0 Å². The fourth-order valence-electron chi connectivity index (χ4n) is 1.16. The molecule has 0 fully saturated rings. The maximum Gasteiger partial charge on any atom is 0.458 e. The summed E-state index contributed by atoms with van der Waals surface area (Å²) in [7, 11) is 0. The molecule has 0 amide bonds. The Balaban J connectivity index is 3.36. The van der Waals surface area contributed by atoms with E-state index in [2.05, 4.69) is 0 Å². The molecule has 10 heteroatoms. The Morgan fingerprint density at radius 2 is 0.900 bits per heavy atom. The van der Waals surface area contributed by atoms with Crippen LogP contribution in [0.4, 0.5) is 43.9 Å². The van der Waals surface area contributed by atoms with Crippen molar-refractivity contribution in [3.8, 4) is 0 Å². The van der Waals surface area contributed by atoms with Crippen molar-refractivity contribution >= 4 is 0 Å². The molecule has 0 saturated carbocycles. The van der Waals surface area contributed by atoms with E-state index in [0.29, 0.717) is 0 Å². The van der Waals surface area contributed by atoms with Crippen LogP contribution in [-0.2, 0) is 11.8 Å². The van der Waals surface area contributed by atoms with Crippen LogP contribution in [0.15, 0.2) is 18.2 Å². The highest BCUT2D eigenvalue weighted by Crippen LogP contribution is 2.47. The van der Waals surface area contributed by atoms with Gasteiger partial charge in [-0.2, -0.15) is 43.9 Å². The van der Waals surface area contributed by atoms with Gasteiger partial charge in [0.2, 0.25) is 0 Å². The van der Waals surface area contributed by atoms with E-state index < -0.39 is 41.4 Å². The van der Waals surface area contributed by atoms with Gasteiger partial charge in [-0.15, -0.1) is 0 Å². The van der Waals surface area contributed by atoms with Gasteiger partial charge in [0.05, 0.1) is 0 Å². The molecule has 0 aliphatic heterocycles. The standard InChI is InChI=1S/C10H3F10/c11-7(12,9(15,16)17)5-2-1-3-6(4-5)8(13,14)10(18,19)20/h2-4H. The molecule has 1 aromatic carbocycles. The lowest BCUT2D eigenvalue weighted by molar-refractivity contribution is -0.292. The van der Waals surface area contributed by atoms with Crippen LogP contribution in [-0.4, -0.2) is 12.4 Å². The van der Waals surface area contributed by atoms with Gasteiger partial charge < -0.3 is 0 Å². The van der Waals surface area contributed by atoms with Gasteiger partial charge in [-0.05, 0) is 24.3 Å². The van der Waals surface area contributed by atoms with Crippen molar-refractivity contribution in [2.45, 2.75) is 24.2 Å². The molecule has 0 N–H and O–H groups in total. The quantitative estimate of drug-likeness (QED) is 0.688. The van der Waals surface area contributed by atoms with Gasteiger partial charge in [0, 0.05) is 11.1 Å². The number of hydrogen-bond donors (Lipinski definition) is 0. The first-order chi connectivity index (χ1) is 8.71. The molecule has 113 valence electrons. The number of halogens is 10. The van der Waals surface area contributed by atoms with E-state index >= 15 is 0 Å². The Bertz CT molecular complexity index is 440. The molecule has 0 aliphatic rings. The van der Waals surface area contributed by atoms with E-state index in [0.717, 1.165) is 0 Å². The Hall–Kier alpha value is -1.48. The molecular formula is C10H3F10. The van der Waals surface area contributed by atoms with Crippen molar-refractivity contribution < 1.29 is 43.9 Å². The molecule has 0 saturated heterocycles. The van der Waals surface area contributed by atoms with Crippen molar-refractivity contribution in [1.29, 1.82) is 0 Å². The van der Waals surface area contributed by atoms with Crippen molar-refractivity contribution in [2.75, 3.05) is 0 Å². The van der Waals surface area contributed by atoms with Gasteiger partial charge >= 0.3 is 24.2 Å². The van der Waals surface area contributed by atoms with Crippen LogP contribution in [0, 0.1) is 6.07 Å². The van der Waals surface area contributed by atoms with Crippen LogP contribution in [0.1, 0.15) is 11.1 Å². The predicted octanol–water partition coefficient (Wildman–Crippen LogP) is 4.79. The van der Waals surface area contributed by atoms with Gasteiger partial charge in [0.25, 0.3) is 0 Å². The lowest BCUT2D eigenvalue weighted by Crippen LogP contribution is -2.36. The van der Waals surface area contributed by atoms with Crippen LogP contribution < -0.4 is 0 Å². The molecule has 1 aromatic rings. The summed E-state index contributed by atoms with van der Waals surface area (Å²) in [6.07, 6.45) is -12.3. The topological polar surface area (TPSA) is 0 Å². The third-order valence-corrected chi connectivity index (χ3v) is 2.23. The molecule has 1 radical (unpaired) electrons. The molecule has 20 heavy (non-hydrogen) atoms. The van der Waals surface area contributed by atoms with Crippen molar-refractivity contribution in [3.63, 3.8) is 0 Å². The first kappa shape index (κ1) is 16.6. The predicted molar refractivity (Wildman–Crippen MR) is 45.2 cm³/mol. The maximum atomic E-state index is 12.9. The van der Waals surface area contributed by atoms with Gasteiger partial charge in [-0.1, -0.05) is 0 Å². The summed E-state index contributed by atoms with van der Waals surface area (Å²) >= 11 is 0. The van der Waals surface area contributed by atoms with Crippen molar-refractivity contribution in [3.05, 3.63) is 35.4 Å². The minimum absolute atomic E-state index is 0.0105. The maximum absolute atomic E-state index is 12.9. The fourth-order valence-corrected chi connectivity index (χ4v) is 1.16. The van der Waals surface area contributed by atoms with E-state index in [9.17, 15) is 43.9 Å². The summed E-state index contributed by atoms with van der Waals surface area (Å²) in [5.41, 5.74) is -4.10. The second-order valence-electron chi connectivity index (χ2n) is 3.65. The van der Waals surface area contributed by atoms with Crippen LogP contribution in [0.2, 0.25) is 0 Å². The normalized spacial score (nSPS) is 14.5. The molecule has 0 heterocycles. The highest BCUT2D eigenvalue weighted by Gasteiger charge is 2.61. The zero-order chi connectivity index (χ0) is 16.0. The first-order valence-corrected chi connectivity index (χ1v) is 4.62. The Morgan fingerprint density at radius 1 is 0.600 bits per heavy atom. The molecule has 0 nitrogen and oxygen atoms in total. The largest absolute Gasteiger partial charge is 0.458 e. The molecule has 0 spiro atoms. The van der Waals surface area contributed by atoms with E-state index in [1.165, 1.54) is 6.07 Å². The first-order valence-electron chi connectivity index (χ1n) is 4.62. The second-order valence-corrected chi connectivity index (χ2v) is 3.65. The minimum Gasteiger partial charge on any atom is -0.191 e. The molecule has 0 atom stereocenters. The van der Waals surface area contributed by atoms with Gasteiger partial charge in [0.15, 0.2) is 0 Å². The summed E-state index contributed by atoms with van der Waals surface area (Å²) in [5, 5.41) is 0. The van der Waals surface area contributed by atoms with Gasteiger partial charge in [0.1, 0.15) is 0 Å². The highest BCUT2D eigenvalue weighted by atomic mass is 19.4. The van der Waals surface area contributed by atoms with Crippen LogP contribution in [0.3, 0.4) is 0 Å². The summed E-state index contributed by atoms with van der Waals surface area (Å²) in [5.74, 6) is -11.1. The Kier molecular flexibility index (Phi) is 3.75. The van der Waals surface area contributed by atoms with E-state index in [-0.39, 0.29) is 12.1 Å². The van der Waals surface area contributed by atoms with Crippen LogP contribution >= 0.6 is 0 Å². The van der Waals surface area contributed by atoms with E-state index in [1.807, 2.05) is 0 Å². The van der Waals surface area contributed by atoms with Gasteiger partial charge in [-0.3, -0.25) is 0 Å². The van der Waals surface area contributed by atoms with Gasteiger partial charge in [-0.25, -0.2) is 0 Å². The second kappa shape index (κ2) is 4.52. The average Bonchev–Trinajstić information content (AvgIpc) is 2.26. The summed E-state index contributed by atoms with van der Waals surface area (Å²) < 4.78 is 123. The van der Waals surface area contributed by atoms with Crippen LogP contribution in [0.25, 0.3) is 0 Å². The summed E-state index contributed by atoms with van der Waals surface area (Å²) in [6.45, 7) is 0. The zero-order valence-corrected chi connectivity index (χ0v) is 9.01. The number of hydrogen-bond acceptors (Lipinski definition) is 0. The Labute approximate surface area is 105 Å². The lowest BCUT2D eigenvalue weighted by atomic mass is 10.0. The summed E-state index contributed by atoms with van der Waals surface area (Å²) in [4.78, 5) is 0. The Morgan fingerprint density at radius 3 is 1.15 bits per heavy atom. The molecule has 1 rings (SSSR count). The molecular weight excluding hydrogens is 310 g/mol. The van der Waals surface area contributed by atoms with Crippen LogP contribution in [0.5, 0.6) is 0 Å². The van der Waals surface area contributed by atoms with Crippen molar-refractivity contribution in [2.24, 2.45) is 0 Å². The number of benzene rings is 1. The number of rotatable bonds is 2. The minimum atomic E-state index is -6.13. The third kappa shape index (κ3) is 2.68. The monoisotopic (exact) mass is 313 g/mol. The fraction of sp³-hybridized carbons (Fsp3) is 0.400. The molecule has 0 unspecified atom stereocenters. The zero-order valence-electron chi connectivity index (χ0n) is 9.01.